The third kappa shape index (κ3) is 2.19. The standard InChI is InChI=1S/C13H15BrF2O2/c1-18-10-4-2-3-7-13(10,17)11-9(15)6-5-8(14)12(11)16/h5-6,10,17H,2-4,7H2,1H3. The van der Waals surface area contributed by atoms with Gasteiger partial charge in [0.1, 0.15) is 17.2 Å². The predicted octanol–water partition coefficient (Wildman–Crippen LogP) is 3.50. The van der Waals surface area contributed by atoms with Gasteiger partial charge in [0.2, 0.25) is 0 Å². The van der Waals surface area contributed by atoms with E-state index >= 15 is 0 Å². The first-order valence-electron chi connectivity index (χ1n) is 5.90. The third-order valence-corrected chi connectivity index (χ3v) is 4.18. The van der Waals surface area contributed by atoms with Gasteiger partial charge in [-0.2, -0.15) is 0 Å². The van der Waals surface area contributed by atoms with Gasteiger partial charge in [0.15, 0.2) is 0 Å². The first-order chi connectivity index (χ1) is 8.50. The molecular weight excluding hydrogens is 306 g/mol. The molecule has 1 aliphatic rings. The largest absolute Gasteiger partial charge is 0.382 e. The highest BCUT2D eigenvalue weighted by molar-refractivity contribution is 9.10. The van der Waals surface area contributed by atoms with Crippen molar-refractivity contribution in [3.63, 3.8) is 0 Å². The SMILES string of the molecule is COC1CCCCC1(O)c1c(F)ccc(Br)c1F. The van der Waals surface area contributed by atoms with Crippen LogP contribution >= 0.6 is 15.9 Å². The summed E-state index contributed by atoms with van der Waals surface area (Å²) in [5.41, 5.74) is -1.88. The molecule has 1 saturated carbocycles. The van der Waals surface area contributed by atoms with Gasteiger partial charge in [0.25, 0.3) is 0 Å². The number of rotatable bonds is 2. The van der Waals surface area contributed by atoms with Gasteiger partial charge in [0.05, 0.1) is 16.1 Å². The molecule has 100 valence electrons. The quantitative estimate of drug-likeness (QED) is 0.845. The average Bonchev–Trinajstić information content (AvgIpc) is 2.35. The van der Waals surface area contributed by atoms with Crippen LogP contribution in [0, 0.1) is 11.6 Å². The molecule has 1 aliphatic carbocycles. The van der Waals surface area contributed by atoms with E-state index < -0.39 is 23.3 Å². The summed E-state index contributed by atoms with van der Waals surface area (Å²) in [6.07, 6.45) is 1.93. The summed E-state index contributed by atoms with van der Waals surface area (Å²) in [6.45, 7) is 0. The van der Waals surface area contributed by atoms with Gasteiger partial charge in [-0.1, -0.05) is 12.8 Å². The van der Waals surface area contributed by atoms with Crippen LogP contribution in [0.2, 0.25) is 0 Å². The second kappa shape index (κ2) is 5.23. The molecule has 1 aromatic carbocycles. The molecule has 2 unspecified atom stereocenters. The molecule has 0 aromatic heterocycles. The van der Waals surface area contributed by atoms with Crippen molar-refractivity contribution in [1.82, 2.24) is 0 Å². The lowest BCUT2D eigenvalue weighted by Gasteiger charge is -2.39. The minimum absolute atomic E-state index is 0.146. The van der Waals surface area contributed by atoms with Crippen LogP contribution in [0.5, 0.6) is 0 Å². The van der Waals surface area contributed by atoms with E-state index in [0.717, 1.165) is 18.9 Å². The highest BCUT2D eigenvalue weighted by Gasteiger charge is 2.44. The van der Waals surface area contributed by atoms with Crippen molar-refractivity contribution in [2.45, 2.75) is 37.4 Å². The number of hydrogen-bond acceptors (Lipinski definition) is 2. The maximum Gasteiger partial charge on any atom is 0.146 e. The molecule has 1 N–H and O–H groups in total. The minimum Gasteiger partial charge on any atom is -0.382 e. The molecule has 0 saturated heterocycles. The highest BCUT2D eigenvalue weighted by Crippen LogP contribution is 2.42. The van der Waals surface area contributed by atoms with Crippen LogP contribution in [-0.2, 0) is 10.3 Å². The lowest BCUT2D eigenvalue weighted by molar-refractivity contribution is -0.126. The van der Waals surface area contributed by atoms with Crippen LogP contribution in [0.15, 0.2) is 16.6 Å². The molecular formula is C13H15BrF2O2. The number of halogens is 3. The minimum atomic E-state index is -1.59. The Morgan fingerprint density at radius 2 is 2.11 bits per heavy atom. The van der Waals surface area contributed by atoms with Crippen molar-refractivity contribution < 1.29 is 18.6 Å². The fourth-order valence-electron chi connectivity index (χ4n) is 2.65. The van der Waals surface area contributed by atoms with Crippen LogP contribution in [0.3, 0.4) is 0 Å². The summed E-state index contributed by atoms with van der Waals surface area (Å²) in [5.74, 6) is -1.48. The molecule has 1 fully saturated rings. The molecule has 2 atom stereocenters. The van der Waals surface area contributed by atoms with Crippen molar-refractivity contribution in [1.29, 1.82) is 0 Å². The smallest absolute Gasteiger partial charge is 0.146 e. The Hall–Kier alpha value is -0.520. The first-order valence-corrected chi connectivity index (χ1v) is 6.69. The molecule has 0 heterocycles. The van der Waals surface area contributed by atoms with E-state index in [1.54, 1.807) is 0 Å². The molecule has 5 heteroatoms. The van der Waals surface area contributed by atoms with E-state index in [4.69, 9.17) is 4.74 Å². The molecule has 0 amide bonds. The van der Waals surface area contributed by atoms with Crippen LogP contribution in [-0.4, -0.2) is 18.3 Å². The lowest BCUT2D eigenvalue weighted by atomic mass is 9.77. The van der Waals surface area contributed by atoms with Gasteiger partial charge in [-0.05, 0) is 40.9 Å². The van der Waals surface area contributed by atoms with Gasteiger partial charge in [-0.15, -0.1) is 0 Å². The molecule has 0 radical (unpaired) electrons. The second-order valence-electron chi connectivity index (χ2n) is 4.61. The maximum absolute atomic E-state index is 14.1. The number of methoxy groups -OCH3 is 1. The van der Waals surface area contributed by atoms with Gasteiger partial charge in [0, 0.05) is 7.11 Å². The van der Waals surface area contributed by atoms with E-state index in [2.05, 4.69) is 15.9 Å². The van der Waals surface area contributed by atoms with Crippen LogP contribution in [0.25, 0.3) is 0 Å². The van der Waals surface area contributed by atoms with Crippen LogP contribution in [0.4, 0.5) is 8.78 Å². The highest BCUT2D eigenvalue weighted by atomic mass is 79.9. The fraction of sp³-hybridized carbons (Fsp3) is 0.538. The second-order valence-corrected chi connectivity index (χ2v) is 5.47. The summed E-state index contributed by atoms with van der Waals surface area (Å²) in [4.78, 5) is 0. The predicted molar refractivity (Wildman–Crippen MR) is 67.2 cm³/mol. The van der Waals surface area contributed by atoms with Gasteiger partial charge >= 0.3 is 0 Å². The van der Waals surface area contributed by atoms with Crippen molar-refractivity contribution in [2.24, 2.45) is 0 Å². The molecule has 0 spiro atoms. The molecule has 0 bridgehead atoms. The van der Waals surface area contributed by atoms with E-state index in [1.165, 1.54) is 13.2 Å². The Labute approximate surface area is 113 Å². The summed E-state index contributed by atoms with van der Waals surface area (Å²) < 4.78 is 33.4. The Balaban J connectivity index is 2.54. The molecule has 2 rings (SSSR count). The number of benzene rings is 1. The average molecular weight is 321 g/mol. The number of ether oxygens (including phenoxy) is 1. The Kier molecular flexibility index (Phi) is 4.04. The maximum atomic E-state index is 14.1. The Morgan fingerprint density at radius 1 is 1.39 bits per heavy atom. The van der Waals surface area contributed by atoms with E-state index in [0.29, 0.717) is 12.8 Å². The van der Waals surface area contributed by atoms with Gasteiger partial charge in [-0.3, -0.25) is 0 Å². The van der Waals surface area contributed by atoms with Crippen molar-refractivity contribution >= 4 is 15.9 Å². The molecule has 2 nitrogen and oxygen atoms in total. The van der Waals surface area contributed by atoms with Gasteiger partial charge < -0.3 is 9.84 Å². The first kappa shape index (κ1) is 13.9. The van der Waals surface area contributed by atoms with Crippen LogP contribution in [0.1, 0.15) is 31.2 Å². The van der Waals surface area contributed by atoms with E-state index in [-0.39, 0.29) is 10.0 Å². The molecule has 1 aromatic rings. The van der Waals surface area contributed by atoms with Gasteiger partial charge in [-0.25, -0.2) is 8.78 Å². The van der Waals surface area contributed by atoms with E-state index in [9.17, 15) is 13.9 Å². The molecule has 0 aliphatic heterocycles. The van der Waals surface area contributed by atoms with Crippen molar-refractivity contribution in [3.05, 3.63) is 33.8 Å². The zero-order valence-corrected chi connectivity index (χ0v) is 11.6. The summed E-state index contributed by atoms with van der Waals surface area (Å²) in [6, 6.07) is 2.45. The zero-order valence-electron chi connectivity index (χ0n) is 10.0. The van der Waals surface area contributed by atoms with Crippen molar-refractivity contribution in [3.8, 4) is 0 Å². The molecule has 18 heavy (non-hydrogen) atoms. The van der Waals surface area contributed by atoms with Crippen LogP contribution < -0.4 is 0 Å². The third-order valence-electron chi connectivity index (χ3n) is 3.57. The Morgan fingerprint density at radius 3 is 2.78 bits per heavy atom. The summed E-state index contributed by atoms with van der Waals surface area (Å²) >= 11 is 3.02. The van der Waals surface area contributed by atoms with Crippen molar-refractivity contribution in [2.75, 3.05) is 7.11 Å². The lowest BCUT2D eigenvalue weighted by Crippen LogP contribution is -2.44. The zero-order chi connectivity index (χ0) is 13.3. The normalized spacial score (nSPS) is 28.4. The topological polar surface area (TPSA) is 29.5 Å². The van der Waals surface area contributed by atoms with E-state index in [1.807, 2.05) is 0 Å². The monoisotopic (exact) mass is 320 g/mol. The Bertz CT molecular complexity index is 453. The number of hydrogen-bond donors (Lipinski definition) is 1. The summed E-state index contributed by atoms with van der Waals surface area (Å²) in [7, 11) is 1.45. The number of aliphatic hydroxyl groups is 1. The summed E-state index contributed by atoms with van der Waals surface area (Å²) in [5, 5.41) is 10.7. The fourth-order valence-corrected chi connectivity index (χ4v) is 2.98.